The summed E-state index contributed by atoms with van der Waals surface area (Å²) in [5, 5.41) is 0. The Morgan fingerprint density at radius 2 is 2.25 bits per heavy atom. The molecule has 0 spiro atoms. The fourth-order valence-corrected chi connectivity index (χ4v) is 1.87. The molecule has 1 aliphatic rings. The zero-order chi connectivity index (χ0) is 12.3. The van der Waals surface area contributed by atoms with Crippen molar-refractivity contribution >= 4 is 11.8 Å². The largest absolute Gasteiger partial charge is 0.369 e. The van der Waals surface area contributed by atoms with Gasteiger partial charge in [-0.1, -0.05) is 6.08 Å². The van der Waals surface area contributed by atoms with Crippen LogP contribution in [0.5, 0.6) is 0 Å². The first kappa shape index (κ1) is 12.7. The maximum atomic E-state index is 11.8. The van der Waals surface area contributed by atoms with Crippen LogP contribution in [0, 0.1) is 5.41 Å². The highest BCUT2D eigenvalue weighted by Gasteiger charge is 2.41. The highest BCUT2D eigenvalue weighted by molar-refractivity contribution is 5.85. The smallest absolute Gasteiger partial charge is 0.239 e. The average molecular weight is 225 g/mol. The van der Waals surface area contributed by atoms with E-state index in [9.17, 15) is 9.59 Å². The van der Waals surface area contributed by atoms with Crippen molar-refractivity contribution in [3.63, 3.8) is 0 Å². The van der Waals surface area contributed by atoms with Crippen LogP contribution in [-0.4, -0.2) is 35.8 Å². The van der Waals surface area contributed by atoms with Gasteiger partial charge < -0.3 is 16.4 Å². The summed E-state index contributed by atoms with van der Waals surface area (Å²) in [5.41, 5.74) is 10.4. The Bertz CT molecular complexity index is 316. The van der Waals surface area contributed by atoms with Gasteiger partial charge in [0.1, 0.15) is 0 Å². The van der Waals surface area contributed by atoms with Crippen molar-refractivity contribution in [2.75, 3.05) is 13.1 Å². The molecule has 2 unspecified atom stereocenters. The monoisotopic (exact) mass is 225 g/mol. The van der Waals surface area contributed by atoms with Crippen molar-refractivity contribution in [2.24, 2.45) is 16.9 Å². The predicted molar refractivity (Wildman–Crippen MR) is 61.3 cm³/mol. The first-order valence-corrected chi connectivity index (χ1v) is 5.36. The molecule has 16 heavy (non-hydrogen) atoms. The van der Waals surface area contributed by atoms with Gasteiger partial charge in [0.15, 0.2) is 0 Å². The first-order chi connectivity index (χ1) is 7.40. The second-order valence-electron chi connectivity index (χ2n) is 4.57. The van der Waals surface area contributed by atoms with E-state index in [1.165, 1.54) is 0 Å². The average Bonchev–Trinajstić information content (AvgIpc) is 2.61. The van der Waals surface area contributed by atoms with Crippen LogP contribution in [0.25, 0.3) is 0 Å². The standard InChI is InChI=1S/C11H19N3O2/c1-3-4-8(12)9(15)14-6-5-11(2,7-14)10(13)16/h3,8H,1,4-7,12H2,2H3,(H2,13,16). The lowest BCUT2D eigenvalue weighted by Crippen LogP contribution is -2.44. The van der Waals surface area contributed by atoms with E-state index in [0.717, 1.165) is 0 Å². The summed E-state index contributed by atoms with van der Waals surface area (Å²) in [6.07, 6.45) is 2.67. The van der Waals surface area contributed by atoms with Crippen molar-refractivity contribution in [1.29, 1.82) is 0 Å². The Morgan fingerprint density at radius 1 is 1.62 bits per heavy atom. The third-order valence-corrected chi connectivity index (χ3v) is 3.12. The summed E-state index contributed by atoms with van der Waals surface area (Å²) in [5.74, 6) is -0.495. The highest BCUT2D eigenvalue weighted by atomic mass is 16.2. The number of carbonyl (C=O) groups is 2. The van der Waals surface area contributed by atoms with Gasteiger partial charge in [-0.3, -0.25) is 9.59 Å². The van der Waals surface area contributed by atoms with Crippen molar-refractivity contribution < 1.29 is 9.59 Å². The molecule has 5 nitrogen and oxygen atoms in total. The molecule has 0 radical (unpaired) electrons. The number of carbonyl (C=O) groups excluding carboxylic acids is 2. The fourth-order valence-electron chi connectivity index (χ4n) is 1.87. The predicted octanol–water partition coefficient (Wildman–Crippen LogP) is -0.386. The molecule has 0 bridgehead atoms. The van der Waals surface area contributed by atoms with E-state index in [4.69, 9.17) is 11.5 Å². The maximum Gasteiger partial charge on any atom is 0.239 e. The van der Waals surface area contributed by atoms with Crippen molar-refractivity contribution in [3.05, 3.63) is 12.7 Å². The van der Waals surface area contributed by atoms with Gasteiger partial charge in [0.25, 0.3) is 0 Å². The number of hydrogen-bond acceptors (Lipinski definition) is 3. The van der Waals surface area contributed by atoms with Crippen LogP contribution in [-0.2, 0) is 9.59 Å². The number of nitrogens with zero attached hydrogens (tertiary/aromatic N) is 1. The maximum absolute atomic E-state index is 11.8. The van der Waals surface area contributed by atoms with Crippen LogP contribution in [0.2, 0.25) is 0 Å². The molecule has 1 heterocycles. The number of likely N-dealkylation sites (tertiary alicyclic amines) is 1. The molecule has 2 amide bonds. The number of rotatable bonds is 4. The van der Waals surface area contributed by atoms with Crippen LogP contribution < -0.4 is 11.5 Å². The Morgan fingerprint density at radius 3 is 2.69 bits per heavy atom. The minimum atomic E-state index is -0.608. The number of nitrogens with two attached hydrogens (primary N) is 2. The SMILES string of the molecule is C=CCC(N)C(=O)N1CCC(C)(C(N)=O)C1. The third-order valence-electron chi connectivity index (χ3n) is 3.12. The molecule has 2 atom stereocenters. The quantitative estimate of drug-likeness (QED) is 0.639. The van der Waals surface area contributed by atoms with Crippen LogP contribution in [0.4, 0.5) is 0 Å². The van der Waals surface area contributed by atoms with E-state index in [1.54, 1.807) is 17.9 Å². The summed E-state index contributed by atoms with van der Waals surface area (Å²) < 4.78 is 0. The molecule has 90 valence electrons. The lowest BCUT2D eigenvalue weighted by Gasteiger charge is -2.23. The molecular weight excluding hydrogens is 206 g/mol. The van der Waals surface area contributed by atoms with Crippen molar-refractivity contribution in [2.45, 2.75) is 25.8 Å². The van der Waals surface area contributed by atoms with E-state index < -0.39 is 11.5 Å². The van der Waals surface area contributed by atoms with Gasteiger partial charge in [-0.2, -0.15) is 0 Å². The number of primary amides is 1. The number of hydrogen-bond donors (Lipinski definition) is 2. The van der Waals surface area contributed by atoms with Gasteiger partial charge in [0.2, 0.25) is 11.8 Å². The Kier molecular flexibility index (Phi) is 3.70. The molecule has 1 rings (SSSR count). The molecule has 0 aromatic heterocycles. The first-order valence-electron chi connectivity index (χ1n) is 5.36. The van der Waals surface area contributed by atoms with Gasteiger partial charge in [0, 0.05) is 13.1 Å². The molecule has 0 aromatic rings. The van der Waals surface area contributed by atoms with Crippen LogP contribution in [0.1, 0.15) is 19.8 Å². The van der Waals surface area contributed by atoms with E-state index in [-0.39, 0.29) is 11.8 Å². The highest BCUT2D eigenvalue weighted by Crippen LogP contribution is 2.29. The molecule has 0 aliphatic carbocycles. The fraction of sp³-hybridized carbons (Fsp3) is 0.636. The summed E-state index contributed by atoms with van der Waals surface area (Å²) in [6.45, 7) is 6.23. The summed E-state index contributed by atoms with van der Waals surface area (Å²) in [4.78, 5) is 24.7. The van der Waals surface area contributed by atoms with Crippen LogP contribution in [0.15, 0.2) is 12.7 Å². The summed E-state index contributed by atoms with van der Waals surface area (Å²) in [6, 6.07) is -0.562. The summed E-state index contributed by atoms with van der Waals surface area (Å²) in [7, 11) is 0. The normalized spacial score (nSPS) is 26.5. The van der Waals surface area contributed by atoms with Crippen LogP contribution in [0.3, 0.4) is 0 Å². The molecule has 0 saturated carbocycles. The van der Waals surface area contributed by atoms with E-state index in [2.05, 4.69) is 6.58 Å². The van der Waals surface area contributed by atoms with E-state index >= 15 is 0 Å². The lowest BCUT2D eigenvalue weighted by atomic mass is 9.89. The van der Waals surface area contributed by atoms with E-state index in [1.807, 2.05) is 0 Å². The Hall–Kier alpha value is -1.36. The van der Waals surface area contributed by atoms with Gasteiger partial charge >= 0.3 is 0 Å². The Labute approximate surface area is 95.5 Å². The molecule has 1 saturated heterocycles. The lowest BCUT2D eigenvalue weighted by molar-refractivity contribution is -0.132. The van der Waals surface area contributed by atoms with Crippen LogP contribution >= 0.6 is 0 Å². The van der Waals surface area contributed by atoms with Gasteiger partial charge in [-0.25, -0.2) is 0 Å². The Balaban J connectivity index is 2.62. The number of amides is 2. The molecule has 5 heteroatoms. The molecule has 1 aliphatic heterocycles. The van der Waals surface area contributed by atoms with Crippen molar-refractivity contribution in [3.8, 4) is 0 Å². The van der Waals surface area contributed by atoms with Crippen molar-refractivity contribution in [1.82, 2.24) is 4.90 Å². The summed E-state index contributed by atoms with van der Waals surface area (Å²) >= 11 is 0. The van der Waals surface area contributed by atoms with Gasteiger partial charge in [-0.05, 0) is 19.8 Å². The molecule has 1 fully saturated rings. The van der Waals surface area contributed by atoms with Gasteiger partial charge in [-0.15, -0.1) is 6.58 Å². The third kappa shape index (κ3) is 2.41. The van der Waals surface area contributed by atoms with Gasteiger partial charge in [0.05, 0.1) is 11.5 Å². The second-order valence-corrected chi connectivity index (χ2v) is 4.57. The molecular formula is C11H19N3O2. The minimum Gasteiger partial charge on any atom is -0.369 e. The zero-order valence-electron chi connectivity index (χ0n) is 9.61. The molecule has 0 aromatic carbocycles. The van der Waals surface area contributed by atoms with E-state index in [0.29, 0.717) is 25.9 Å². The second kappa shape index (κ2) is 4.65. The topological polar surface area (TPSA) is 89.4 Å². The molecule has 4 N–H and O–H groups in total. The minimum absolute atomic E-state index is 0.134. The zero-order valence-corrected chi connectivity index (χ0v) is 9.61.